The minimum Gasteiger partial charge on any atom is -0.342 e. The first kappa shape index (κ1) is 17.5. The molecule has 0 aliphatic carbocycles. The zero-order valence-electron chi connectivity index (χ0n) is 15.9. The predicted octanol–water partition coefficient (Wildman–Crippen LogP) is 1.73. The normalized spacial score (nSPS) is 22.0. The molecule has 3 heterocycles. The van der Waals surface area contributed by atoms with Crippen LogP contribution in [0.3, 0.4) is 0 Å². The van der Waals surface area contributed by atoms with Crippen LogP contribution < -0.4 is 0 Å². The Morgan fingerprint density at radius 1 is 1.15 bits per heavy atom. The molecule has 1 amide bonds. The Hall–Kier alpha value is -1.92. The fourth-order valence-corrected chi connectivity index (χ4v) is 4.42. The molecule has 6 nitrogen and oxygen atoms in total. The van der Waals surface area contributed by atoms with Crippen molar-refractivity contribution in [2.75, 3.05) is 46.8 Å². The molecule has 26 heavy (non-hydrogen) atoms. The molecule has 2 fully saturated rings. The number of nitrogens with one attached hydrogen (secondary N) is 1. The lowest BCUT2D eigenvalue weighted by atomic mass is 9.85. The van der Waals surface area contributed by atoms with Crippen LogP contribution in [0.2, 0.25) is 0 Å². The van der Waals surface area contributed by atoms with Gasteiger partial charge in [0.1, 0.15) is 5.82 Å². The second-order valence-corrected chi connectivity index (χ2v) is 8.00. The number of para-hydroxylation sites is 2. The van der Waals surface area contributed by atoms with Crippen molar-refractivity contribution < 1.29 is 4.79 Å². The van der Waals surface area contributed by atoms with Crippen LogP contribution in [-0.2, 0) is 11.2 Å². The Balaban J connectivity index is 1.49. The van der Waals surface area contributed by atoms with Crippen LogP contribution in [0.5, 0.6) is 0 Å². The average Bonchev–Trinajstić information content (AvgIpc) is 2.97. The summed E-state index contributed by atoms with van der Waals surface area (Å²) >= 11 is 0. The molecule has 1 spiro atoms. The van der Waals surface area contributed by atoms with E-state index in [0.29, 0.717) is 6.42 Å². The number of nitrogens with zero attached hydrogens (tertiary/aromatic N) is 4. The van der Waals surface area contributed by atoms with Crippen molar-refractivity contribution >= 4 is 16.9 Å². The summed E-state index contributed by atoms with van der Waals surface area (Å²) in [7, 11) is 4.42. The number of aromatic amines is 1. The van der Waals surface area contributed by atoms with Gasteiger partial charge in [0.15, 0.2) is 0 Å². The first-order valence-corrected chi connectivity index (χ1v) is 9.67. The van der Waals surface area contributed by atoms with Gasteiger partial charge in [0.05, 0.1) is 17.5 Å². The molecule has 0 atom stereocenters. The van der Waals surface area contributed by atoms with Crippen LogP contribution >= 0.6 is 0 Å². The molecule has 2 saturated heterocycles. The van der Waals surface area contributed by atoms with Gasteiger partial charge in [0, 0.05) is 25.2 Å². The maximum Gasteiger partial charge on any atom is 0.230 e. The summed E-state index contributed by atoms with van der Waals surface area (Å²) in [5, 5.41) is 0. The molecule has 2 aliphatic heterocycles. The number of benzene rings is 1. The van der Waals surface area contributed by atoms with E-state index in [4.69, 9.17) is 0 Å². The van der Waals surface area contributed by atoms with Gasteiger partial charge in [-0.3, -0.25) is 9.69 Å². The molecule has 0 unspecified atom stereocenters. The lowest BCUT2D eigenvalue weighted by Gasteiger charge is -2.47. The molecule has 140 valence electrons. The van der Waals surface area contributed by atoms with Crippen LogP contribution in [0.25, 0.3) is 11.0 Å². The smallest absolute Gasteiger partial charge is 0.230 e. The summed E-state index contributed by atoms with van der Waals surface area (Å²) in [5.41, 5.74) is 2.06. The standard InChI is InChI=1S/C20H29N5O/c1-23-12-8-20(9-13-23)15-25(11-5-10-24(20)2)19(26)14-18-21-16-6-3-4-7-17(16)22-18/h3-4,6-7H,5,8-15H2,1-2H3,(H,21,22). The minimum atomic E-state index is 0.131. The number of likely N-dealkylation sites (N-methyl/N-ethyl adjacent to an activating group) is 1. The van der Waals surface area contributed by atoms with E-state index >= 15 is 0 Å². The van der Waals surface area contributed by atoms with Gasteiger partial charge in [-0.1, -0.05) is 12.1 Å². The molecular formula is C20H29N5O. The van der Waals surface area contributed by atoms with Gasteiger partial charge in [-0.25, -0.2) is 4.98 Å². The van der Waals surface area contributed by atoms with Crippen LogP contribution in [0.4, 0.5) is 0 Å². The molecule has 2 aromatic rings. The number of carbonyl (C=O) groups excluding carboxylic acids is 1. The Bertz CT molecular complexity index is 744. The van der Waals surface area contributed by atoms with E-state index in [2.05, 4.69) is 38.8 Å². The number of rotatable bonds is 2. The van der Waals surface area contributed by atoms with E-state index in [1.165, 1.54) is 0 Å². The summed E-state index contributed by atoms with van der Waals surface area (Å²) in [4.78, 5) is 27.9. The van der Waals surface area contributed by atoms with Gasteiger partial charge in [-0.05, 0) is 58.6 Å². The number of aromatic nitrogens is 2. The number of carbonyl (C=O) groups is 1. The van der Waals surface area contributed by atoms with E-state index in [-0.39, 0.29) is 11.4 Å². The van der Waals surface area contributed by atoms with Gasteiger partial charge in [0.2, 0.25) is 5.91 Å². The molecule has 0 bridgehead atoms. The summed E-state index contributed by atoms with van der Waals surface area (Å²) in [6.07, 6.45) is 3.66. The van der Waals surface area contributed by atoms with Crippen LogP contribution in [0.1, 0.15) is 25.1 Å². The van der Waals surface area contributed by atoms with Crippen molar-refractivity contribution in [2.45, 2.75) is 31.2 Å². The van der Waals surface area contributed by atoms with Crippen molar-refractivity contribution in [3.8, 4) is 0 Å². The lowest BCUT2D eigenvalue weighted by molar-refractivity contribution is -0.132. The highest BCUT2D eigenvalue weighted by Crippen LogP contribution is 2.31. The zero-order chi connectivity index (χ0) is 18.1. The number of H-pyrrole nitrogens is 1. The highest BCUT2D eigenvalue weighted by molar-refractivity contribution is 5.80. The second kappa shape index (κ2) is 7.00. The Morgan fingerprint density at radius 2 is 1.92 bits per heavy atom. The van der Waals surface area contributed by atoms with E-state index in [9.17, 15) is 4.79 Å². The van der Waals surface area contributed by atoms with Crippen LogP contribution in [0.15, 0.2) is 24.3 Å². The van der Waals surface area contributed by atoms with Gasteiger partial charge >= 0.3 is 0 Å². The van der Waals surface area contributed by atoms with Crippen LogP contribution in [-0.4, -0.2) is 82.9 Å². The van der Waals surface area contributed by atoms with Gasteiger partial charge < -0.3 is 14.8 Å². The summed E-state index contributed by atoms with van der Waals surface area (Å²) < 4.78 is 0. The monoisotopic (exact) mass is 355 g/mol. The third-order valence-electron chi connectivity index (χ3n) is 6.24. The minimum absolute atomic E-state index is 0.131. The van der Waals surface area contributed by atoms with E-state index in [0.717, 1.165) is 68.8 Å². The Labute approximate surface area is 155 Å². The molecule has 6 heteroatoms. The molecule has 0 saturated carbocycles. The van der Waals surface area contributed by atoms with E-state index in [1.807, 2.05) is 24.3 Å². The van der Waals surface area contributed by atoms with E-state index in [1.54, 1.807) is 0 Å². The first-order chi connectivity index (χ1) is 12.6. The third-order valence-corrected chi connectivity index (χ3v) is 6.24. The van der Waals surface area contributed by atoms with Crippen molar-refractivity contribution in [1.29, 1.82) is 0 Å². The molecule has 1 aromatic carbocycles. The van der Waals surface area contributed by atoms with Gasteiger partial charge in [-0.15, -0.1) is 0 Å². The largest absolute Gasteiger partial charge is 0.342 e. The van der Waals surface area contributed by atoms with Crippen LogP contribution in [0, 0.1) is 0 Å². The molecule has 2 aliphatic rings. The van der Waals surface area contributed by atoms with Crippen molar-refractivity contribution in [3.63, 3.8) is 0 Å². The summed E-state index contributed by atoms with van der Waals surface area (Å²) in [5.74, 6) is 0.962. The maximum absolute atomic E-state index is 13.0. The highest BCUT2D eigenvalue weighted by Gasteiger charge is 2.41. The van der Waals surface area contributed by atoms with E-state index < -0.39 is 0 Å². The fraction of sp³-hybridized carbons (Fsp3) is 0.600. The number of amides is 1. The Kier molecular flexibility index (Phi) is 4.71. The second-order valence-electron chi connectivity index (χ2n) is 8.00. The third kappa shape index (κ3) is 3.35. The fourth-order valence-electron chi connectivity index (χ4n) is 4.42. The summed E-state index contributed by atoms with van der Waals surface area (Å²) in [6, 6.07) is 7.95. The van der Waals surface area contributed by atoms with Crippen molar-refractivity contribution in [1.82, 2.24) is 24.7 Å². The number of hydrogen-bond acceptors (Lipinski definition) is 4. The molecule has 1 aromatic heterocycles. The lowest BCUT2D eigenvalue weighted by Crippen LogP contribution is -2.58. The average molecular weight is 355 g/mol. The summed E-state index contributed by atoms with van der Waals surface area (Å²) in [6.45, 7) is 4.97. The molecule has 0 radical (unpaired) electrons. The quantitative estimate of drug-likeness (QED) is 0.891. The highest BCUT2D eigenvalue weighted by atomic mass is 16.2. The number of hydrogen-bond donors (Lipinski definition) is 1. The number of piperidine rings is 1. The molecular weight excluding hydrogens is 326 g/mol. The molecule has 1 N–H and O–H groups in total. The SMILES string of the molecule is CN1CCC2(CC1)CN(C(=O)Cc1nc3ccccc3[nH]1)CCCN2C. The molecule has 4 rings (SSSR count). The number of imidazole rings is 1. The van der Waals surface area contributed by atoms with Crippen molar-refractivity contribution in [3.05, 3.63) is 30.1 Å². The predicted molar refractivity (Wildman–Crippen MR) is 103 cm³/mol. The topological polar surface area (TPSA) is 55.5 Å². The number of likely N-dealkylation sites (tertiary alicyclic amines) is 1. The van der Waals surface area contributed by atoms with Gasteiger partial charge in [0.25, 0.3) is 0 Å². The van der Waals surface area contributed by atoms with Gasteiger partial charge in [-0.2, -0.15) is 0 Å². The first-order valence-electron chi connectivity index (χ1n) is 9.67. The zero-order valence-corrected chi connectivity index (χ0v) is 15.9. The number of fused-ring (bicyclic) bond motifs is 1. The van der Waals surface area contributed by atoms with Crippen molar-refractivity contribution in [2.24, 2.45) is 0 Å². The Morgan fingerprint density at radius 3 is 2.69 bits per heavy atom. The maximum atomic E-state index is 13.0.